The molecule has 1 rings (SSSR count). The number of urea groups is 1. The predicted molar refractivity (Wildman–Crippen MR) is 69.2 cm³/mol. The van der Waals surface area contributed by atoms with Crippen LogP contribution in [0.3, 0.4) is 0 Å². The minimum Gasteiger partial charge on any atom is -0.508 e. The van der Waals surface area contributed by atoms with E-state index < -0.39 is 6.03 Å². The first-order valence-corrected chi connectivity index (χ1v) is 6.01. The maximum absolute atomic E-state index is 11.3. The highest BCUT2D eigenvalue weighted by atomic mass is 16.3. The summed E-state index contributed by atoms with van der Waals surface area (Å²) in [6.45, 7) is 2.77. The molecular weight excluding hydrogens is 216 g/mol. The van der Waals surface area contributed by atoms with Crippen molar-refractivity contribution in [3.05, 3.63) is 24.3 Å². The highest BCUT2D eigenvalue weighted by molar-refractivity contribution is 5.90. The number of hydrogen-bond donors (Lipinski definition) is 2. The van der Waals surface area contributed by atoms with Crippen LogP contribution in [-0.4, -0.2) is 17.7 Å². The quantitative estimate of drug-likeness (QED) is 0.746. The minimum absolute atomic E-state index is 0.184. The fourth-order valence-electron chi connectivity index (χ4n) is 1.70. The number of unbranched alkanes of at least 4 members (excludes halogenated alkanes) is 3. The molecule has 0 spiro atoms. The fourth-order valence-corrected chi connectivity index (χ4v) is 1.70. The Morgan fingerprint density at radius 2 is 1.88 bits per heavy atom. The maximum Gasteiger partial charge on any atom is 0.319 e. The predicted octanol–water partition coefficient (Wildman–Crippen LogP) is 2.86. The van der Waals surface area contributed by atoms with Gasteiger partial charge in [-0.05, 0) is 30.7 Å². The molecule has 1 aromatic carbocycles. The number of aromatic hydroxyl groups is 1. The average molecular weight is 236 g/mol. The van der Waals surface area contributed by atoms with E-state index in [9.17, 15) is 9.90 Å². The van der Waals surface area contributed by atoms with Crippen molar-refractivity contribution in [1.29, 1.82) is 0 Å². The first kappa shape index (κ1) is 13.4. The van der Waals surface area contributed by atoms with Gasteiger partial charge in [-0.3, -0.25) is 4.90 Å². The van der Waals surface area contributed by atoms with Crippen LogP contribution in [0, 0.1) is 0 Å². The molecule has 4 nitrogen and oxygen atoms in total. The largest absolute Gasteiger partial charge is 0.508 e. The Hall–Kier alpha value is -1.71. The Balaban J connectivity index is 2.59. The molecule has 0 bridgehead atoms. The lowest BCUT2D eigenvalue weighted by Gasteiger charge is -2.20. The summed E-state index contributed by atoms with van der Waals surface area (Å²) in [6, 6.07) is 6.04. The monoisotopic (exact) mass is 236 g/mol. The van der Waals surface area contributed by atoms with Gasteiger partial charge in [-0.25, -0.2) is 4.79 Å². The number of anilines is 1. The van der Waals surface area contributed by atoms with Crippen LogP contribution in [0.1, 0.15) is 32.6 Å². The minimum atomic E-state index is -0.452. The number of carbonyl (C=O) groups is 1. The molecule has 0 aliphatic rings. The smallest absolute Gasteiger partial charge is 0.319 e. The molecule has 94 valence electrons. The molecule has 0 aromatic heterocycles. The molecule has 1 aromatic rings. The van der Waals surface area contributed by atoms with Crippen LogP contribution in [-0.2, 0) is 0 Å². The van der Waals surface area contributed by atoms with Crippen LogP contribution in [0.15, 0.2) is 24.3 Å². The van der Waals surface area contributed by atoms with Crippen molar-refractivity contribution in [2.24, 2.45) is 5.73 Å². The molecule has 17 heavy (non-hydrogen) atoms. The Morgan fingerprint density at radius 1 is 1.24 bits per heavy atom. The third-order valence-electron chi connectivity index (χ3n) is 2.66. The number of rotatable bonds is 6. The Morgan fingerprint density at radius 3 is 2.41 bits per heavy atom. The number of primary amides is 1. The second kappa shape index (κ2) is 6.78. The van der Waals surface area contributed by atoms with Gasteiger partial charge in [-0.2, -0.15) is 0 Å². The number of phenolic OH excluding ortho intramolecular Hbond substituents is 1. The van der Waals surface area contributed by atoms with Crippen molar-refractivity contribution in [2.75, 3.05) is 11.4 Å². The molecule has 0 saturated carbocycles. The lowest BCUT2D eigenvalue weighted by atomic mass is 10.2. The van der Waals surface area contributed by atoms with Gasteiger partial charge in [0.25, 0.3) is 0 Å². The highest BCUT2D eigenvalue weighted by Gasteiger charge is 2.11. The van der Waals surface area contributed by atoms with E-state index in [1.165, 1.54) is 11.3 Å². The standard InChI is InChI=1S/C13H20N2O2/c1-2-3-4-5-10-15(13(14)17)11-6-8-12(16)9-7-11/h6-9,16H,2-5,10H2,1H3,(H2,14,17). The number of nitrogens with two attached hydrogens (primary N) is 1. The van der Waals surface area contributed by atoms with E-state index in [-0.39, 0.29) is 5.75 Å². The van der Waals surface area contributed by atoms with Crippen molar-refractivity contribution >= 4 is 11.7 Å². The van der Waals surface area contributed by atoms with Crippen molar-refractivity contribution in [3.63, 3.8) is 0 Å². The van der Waals surface area contributed by atoms with Gasteiger partial charge in [0.1, 0.15) is 5.75 Å². The topological polar surface area (TPSA) is 66.6 Å². The molecule has 4 heteroatoms. The molecular formula is C13H20N2O2. The molecule has 0 heterocycles. The summed E-state index contributed by atoms with van der Waals surface area (Å²) in [5.74, 6) is 0.184. The Kier molecular flexibility index (Phi) is 5.33. The molecule has 0 fully saturated rings. The van der Waals surface area contributed by atoms with Gasteiger partial charge >= 0.3 is 6.03 Å². The molecule has 0 aliphatic carbocycles. The van der Waals surface area contributed by atoms with Crippen molar-refractivity contribution in [2.45, 2.75) is 32.6 Å². The van der Waals surface area contributed by atoms with Crippen molar-refractivity contribution in [1.82, 2.24) is 0 Å². The number of carbonyl (C=O) groups excluding carboxylic acids is 1. The number of benzene rings is 1. The molecule has 0 unspecified atom stereocenters. The number of nitrogens with zero attached hydrogens (tertiary/aromatic N) is 1. The van der Waals surface area contributed by atoms with Crippen LogP contribution in [0.5, 0.6) is 5.75 Å². The molecule has 2 amide bonds. The molecule has 3 N–H and O–H groups in total. The average Bonchev–Trinajstić information content (AvgIpc) is 2.30. The molecule has 0 saturated heterocycles. The normalized spacial score (nSPS) is 10.2. The molecule has 0 aliphatic heterocycles. The first-order valence-electron chi connectivity index (χ1n) is 6.01. The van der Waals surface area contributed by atoms with Crippen LogP contribution in [0.25, 0.3) is 0 Å². The zero-order chi connectivity index (χ0) is 12.7. The van der Waals surface area contributed by atoms with Gasteiger partial charge < -0.3 is 10.8 Å². The molecule has 0 radical (unpaired) electrons. The SMILES string of the molecule is CCCCCCN(C(N)=O)c1ccc(O)cc1. The summed E-state index contributed by atoms with van der Waals surface area (Å²) in [5, 5.41) is 9.19. The Bertz CT molecular complexity index is 349. The second-order valence-electron chi connectivity index (χ2n) is 4.07. The Labute approximate surface area is 102 Å². The lowest BCUT2D eigenvalue weighted by Crippen LogP contribution is -2.36. The third-order valence-corrected chi connectivity index (χ3v) is 2.66. The first-order chi connectivity index (χ1) is 8.15. The van der Waals surface area contributed by atoms with Gasteiger partial charge in [0.15, 0.2) is 0 Å². The summed E-state index contributed by atoms with van der Waals surface area (Å²) < 4.78 is 0. The third kappa shape index (κ3) is 4.34. The van der Waals surface area contributed by atoms with Gasteiger partial charge in [-0.1, -0.05) is 26.2 Å². The van der Waals surface area contributed by atoms with E-state index in [0.29, 0.717) is 6.54 Å². The summed E-state index contributed by atoms with van der Waals surface area (Å²) in [7, 11) is 0. The zero-order valence-corrected chi connectivity index (χ0v) is 10.2. The van der Waals surface area contributed by atoms with Gasteiger partial charge in [0.05, 0.1) is 0 Å². The van der Waals surface area contributed by atoms with Crippen LogP contribution in [0.2, 0.25) is 0 Å². The number of phenols is 1. The van der Waals surface area contributed by atoms with E-state index in [0.717, 1.165) is 24.9 Å². The van der Waals surface area contributed by atoms with Crippen LogP contribution < -0.4 is 10.6 Å². The number of amides is 2. The van der Waals surface area contributed by atoms with Gasteiger partial charge in [-0.15, -0.1) is 0 Å². The van der Waals surface area contributed by atoms with Crippen molar-refractivity contribution in [3.8, 4) is 5.75 Å². The van der Waals surface area contributed by atoms with E-state index >= 15 is 0 Å². The molecule has 0 atom stereocenters. The summed E-state index contributed by atoms with van der Waals surface area (Å²) in [6.07, 6.45) is 4.37. The second-order valence-corrected chi connectivity index (χ2v) is 4.07. The van der Waals surface area contributed by atoms with E-state index in [1.807, 2.05) is 0 Å². The van der Waals surface area contributed by atoms with Crippen LogP contribution in [0.4, 0.5) is 10.5 Å². The van der Waals surface area contributed by atoms with Crippen LogP contribution >= 0.6 is 0 Å². The maximum atomic E-state index is 11.3. The van der Waals surface area contributed by atoms with E-state index in [1.54, 1.807) is 24.3 Å². The summed E-state index contributed by atoms with van der Waals surface area (Å²) >= 11 is 0. The summed E-state index contributed by atoms with van der Waals surface area (Å²) in [4.78, 5) is 12.9. The number of hydrogen-bond acceptors (Lipinski definition) is 2. The van der Waals surface area contributed by atoms with Gasteiger partial charge in [0.2, 0.25) is 0 Å². The lowest BCUT2D eigenvalue weighted by molar-refractivity contribution is 0.253. The van der Waals surface area contributed by atoms with E-state index in [4.69, 9.17) is 5.73 Å². The highest BCUT2D eigenvalue weighted by Crippen LogP contribution is 2.19. The van der Waals surface area contributed by atoms with Crippen molar-refractivity contribution < 1.29 is 9.90 Å². The van der Waals surface area contributed by atoms with Gasteiger partial charge in [0, 0.05) is 12.2 Å². The summed E-state index contributed by atoms with van der Waals surface area (Å²) in [5.41, 5.74) is 6.07. The fraction of sp³-hybridized carbons (Fsp3) is 0.462. The zero-order valence-electron chi connectivity index (χ0n) is 10.2. The van der Waals surface area contributed by atoms with E-state index in [2.05, 4.69) is 6.92 Å².